The second-order valence-electron chi connectivity index (χ2n) is 7.44. The van der Waals surface area contributed by atoms with Gasteiger partial charge in [-0.15, -0.1) is 5.10 Å². The number of allylic oxidation sites excluding steroid dienone is 1. The molecule has 4 rings (SSSR count). The normalized spacial score (nSPS) is 14.7. The molecule has 5 N–H and O–H groups in total. The molecule has 33 heavy (non-hydrogen) atoms. The topological polar surface area (TPSA) is 149 Å². The van der Waals surface area contributed by atoms with Crippen LogP contribution in [0.4, 0.5) is 0 Å². The van der Waals surface area contributed by atoms with Gasteiger partial charge in [0.15, 0.2) is 6.61 Å². The Morgan fingerprint density at radius 2 is 2.00 bits per heavy atom. The van der Waals surface area contributed by atoms with Crippen molar-refractivity contribution in [3.8, 4) is 34.7 Å². The Morgan fingerprint density at radius 3 is 2.70 bits per heavy atom. The van der Waals surface area contributed by atoms with Gasteiger partial charge in [0.25, 0.3) is 5.91 Å². The molecule has 0 aliphatic carbocycles. The number of hydrogen-bond donors (Lipinski definition) is 3. The first-order valence-corrected chi connectivity index (χ1v) is 10.4. The molecule has 0 saturated carbocycles. The minimum Gasteiger partial charge on any atom is -0.494 e. The fourth-order valence-electron chi connectivity index (χ4n) is 3.67. The fourth-order valence-corrected chi connectivity index (χ4v) is 3.67. The zero-order chi connectivity index (χ0) is 23.4. The highest BCUT2D eigenvalue weighted by atomic mass is 16.5. The maximum atomic E-state index is 11.1. The van der Waals surface area contributed by atoms with Crippen molar-refractivity contribution in [2.45, 2.75) is 19.3 Å². The molecule has 2 aromatic carbocycles. The molecule has 0 radical (unpaired) electrons. The molecule has 2 heterocycles. The van der Waals surface area contributed by atoms with E-state index in [0.29, 0.717) is 29.5 Å². The number of fused-ring (bicyclic) bond motifs is 1. The van der Waals surface area contributed by atoms with E-state index in [1.807, 2.05) is 37.3 Å². The summed E-state index contributed by atoms with van der Waals surface area (Å²) in [6, 6.07) is 16.8. The predicted octanol–water partition coefficient (Wildman–Crippen LogP) is 2.95. The number of nitrogens with zero attached hydrogens (tertiary/aromatic N) is 2. The van der Waals surface area contributed by atoms with Gasteiger partial charge in [-0.3, -0.25) is 9.89 Å². The number of primary amides is 1. The number of carbonyl (C=O) groups excluding carboxylic acids is 1. The summed E-state index contributed by atoms with van der Waals surface area (Å²) in [5.41, 5.74) is 14.4. The number of carbonyl (C=O) groups is 1. The largest absolute Gasteiger partial charge is 0.494 e. The Labute approximate surface area is 190 Å². The monoisotopic (exact) mass is 445 g/mol. The summed E-state index contributed by atoms with van der Waals surface area (Å²) in [7, 11) is 0. The van der Waals surface area contributed by atoms with Gasteiger partial charge >= 0.3 is 0 Å². The van der Waals surface area contributed by atoms with E-state index in [0.717, 1.165) is 23.3 Å². The van der Waals surface area contributed by atoms with Crippen molar-refractivity contribution in [1.82, 2.24) is 10.2 Å². The molecule has 0 bridgehead atoms. The summed E-state index contributed by atoms with van der Waals surface area (Å²) in [5, 5.41) is 17.2. The molecule has 1 aromatic heterocycles. The number of nitrogens with two attached hydrogens (primary N) is 2. The van der Waals surface area contributed by atoms with Crippen molar-refractivity contribution in [2.75, 3.05) is 13.2 Å². The number of nitrogens with one attached hydrogen (secondary N) is 1. The van der Waals surface area contributed by atoms with Gasteiger partial charge in [0.2, 0.25) is 11.8 Å². The summed E-state index contributed by atoms with van der Waals surface area (Å²) in [6.45, 7) is 2.43. The summed E-state index contributed by atoms with van der Waals surface area (Å²) in [4.78, 5) is 11.1. The van der Waals surface area contributed by atoms with Gasteiger partial charge in [0.1, 0.15) is 23.1 Å². The number of H-pyrrole nitrogens is 1. The minimum absolute atomic E-state index is 0.0141. The highest BCUT2D eigenvalue weighted by Gasteiger charge is 2.35. The van der Waals surface area contributed by atoms with E-state index >= 15 is 0 Å². The summed E-state index contributed by atoms with van der Waals surface area (Å²) in [6.07, 6.45) is 0.918. The molecular formula is C24H23N5O4. The fraction of sp³-hybridized carbons (Fsp3) is 0.208. The van der Waals surface area contributed by atoms with Crippen LogP contribution in [-0.2, 0) is 4.79 Å². The summed E-state index contributed by atoms with van der Waals surface area (Å²) >= 11 is 0. The number of aromatic amines is 1. The van der Waals surface area contributed by atoms with Crippen molar-refractivity contribution < 1.29 is 19.0 Å². The van der Waals surface area contributed by atoms with Crippen LogP contribution in [0.1, 0.15) is 30.4 Å². The first kappa shape index (κ1) is 21.8. The van der Waals surface area contributed by atoms with Crippen molar-refractivity contribution in [3.63, 3.8) is 0 Å². The van der Waals surface area contributed by atoms with Gasteiger partial charge in [-0.2, -0.15) is 5.26 Å². The van der Waals surface area contributed by atoms with E-state index in [2.05, 4.69) is 16.3 Å². The van der Waals surface area contributed by atoms with Gasteiger partial charge in [0.05, 0.1) is 23.8 Å². The zero-order valence-electron chi connectivity index (χ0n) is 18.0. The molecule has 1 atom stereocenters. The second kappa shape index (κ2) is 9.36. The van der Waals surface area contributed by atoms with E-state index in [1.54, 1.807) is 18.2 Å². The highest BCUT2D eigenvalue weighted by molar-refractivity contribution is 5.75. The van der Waals surface area contributed by atoms with E-state index < -0.39 is 11.8 Å². The maximum absolute atomic E-state index is 11.1. The van der Waals surface area contributed by atoms with Gasteiger partial charge in [0, 0.05) is 5.56 Å². The lowest BCUT2D eigenvalue weighted by molar-refractivity contribution is -0.119. The van der Waals surface area contributed by atoms with Crippen molar-refractivity contribution in [2.24, 2.45) is 11.5 Å². The predicted molar refractivity (Wildman–Crippen MR) is 120 cm³/mol. The average molecular weight is 445 g/mol. The molecule has 0 fully saturated rings. The van der Waals surface area contributed by atoms with Gasteiger partial charge in [-0.1, -0.05) is 19.1 Å². The number of hydrogen-bond acceptors (Lipinski definition) is 7. The molecule has 3 aromatic rings. The molecular weight excluding hydrogens is 422 g/mol. The average Bonchev–Trinajstić information content (AvgIpc) is 3.24. The Hall–Kier alpha value is -4.45. The third kappa shape index (κ3) is 4.45. The molecule has 0 saturated heterocycles. The first-order valence-electron chi connectivity index (χ1n) is 10.4. The lowest BCUT2D eigenvalue weighted by atomic mass is 9.83. The van der Waals surface area contributed by atoms with Crippen LogP contribution in [0.25, 0.3) is 11.3 Å². The molecule has 9 heteroatoms. The van der Waals surface area contributed by atoms with Crippen molar-refractivity contribution >= 4 is 5.91 Å². The standard InChI is InChI=1S/C24H23N5O4/c1-2-10-31-16-8-6-14(7-9-16)22-21-20(18(12-25)23(27)33-24(21)29-28-22)15-4-3-5-17(11-15)32-13-19(26)30/h3-9,11,20H,2,10,13,27H2,1H3,(H2,26,30)(H,28,29). The maximum Gasteiger partial charge on any atom is 0.255 e. The quantitative estimate of drug-likeness (QED) is 0.482. The number of amides is 1. The number of rotatable bonds is 8. The van der Waals surface area contributed by atoms with Crippen LogP contribution in [0, 0.1) is 11.3 Å². The second-order valence-corrected chi connectivity index (χ2v) is 7.44. The molecule has 9 nitrogen and oxygen atoms in total. The molecule has 168 valence electrons. The third-order valence-electron chi connectivity index (χ3n) is 5.13. The van der Waals surface area contributed by atoms with E-state index in [1.165, 1.54) is 0 Å². The number of ether oxygens (including phenoxy) is 3. The molecule has 1 aliphatic heterocycles. The Morgan fingerprint density at radius 1 is 1.21 bits per heavy atom. The smallest absolute Gasteiger partial charge is 0.255 e. The molecule has 1 amide bonds. The first-order chi connectivity index (χ1) is 16.0. The SMILES string of the molecule is CCCOc1ccc(-c2[nH]nc3c2C(c2cccc(OCC(N)=O)c2)C(C#N)=C(N)O3)cc1. The van der Waals surface area contributed by atoms with Crippen LogP contribution in [0.15, 0.2) is 60.0 Å². The number of aromatic nitrogens is 2. The van der Waals surface area contributed by atoms with Crippen molar-refractivity contribution in [3.05, 3.63) is 71.1 Å². The summed E-state index contributed by atoms with van der Waals surface area (Å²) in [5.74, 6) is 0.349. The van der Waals surface area contributed by atoms with E-state index in [4.69, 9.17) is 25.7 Å². The van der Waals surface area contributed by atoms with Crippen LogP contribution < -0.4 is 25.7 Å². The van der Waals surface area contributed by atoms with Gasteiger partial charge < -0.3 is 25.7 Å². The van der Waals surface area contributed by atoms with Crippen LogP contribution in [-0.4, -0.2) is 29.3 Å². The van der Waals surface area contributed by atoms with Gasteiger partial charge in [-0.05, 0) is 48.4 Å². The molecule has 1 unspecified atom stereocenters. The van der Waals surface area contributed by atoms with E-state index in [-0.39, 0.29) is 18.1 Å². The van der Waals surface area contributed by atoms with Crippen LogP contribution in [0.5, 0.6) is 17.4 Å². The Balaban J connectivity index is 1.77. The van der Waals surface area contributed by atoms with Crippen LogP contribution in [0.2, 0.25) is 0 Å². The highest BCUT2D eigenvalue weighted by Crippen LogP contribution is 2.46. The lowest BCUT2D eigenvalue weighted by Crippen LogP contribution is -2.21. The number of benzene rings is 2. The summed E-state index contributed by atoms with van der Waals surface area (Å²) < 4.78 is 16.8. The van der Waals surface area contributed by atoms with Crippen molar-refractivity contribution in [1.29, 1.82) is 5.26 Å². The zero-order valence-corrected chi connectivity index (χ0v) is 18.0. The number of nitriles is 1. The lowest BCUT2D eigenvalue weighted by Gasteiger charge is -2.24. The van der Waals surface area contributed by atoms with E-state index in [9.17, 15) is 10.1 Å². The van der Waals surface area contributed by atoms with Crippen LogP contribution >= 0.6 is 0 Å². The minimum atomic E-state index is -0.584. The Bertz CT molecular complexity index is 1240. The Kier molecular flexibility index (Phi) is 6.17. The van der Waals surface area contributed by atoms with Crippen LogP contribution in [0.3, 0.4) is 0 Å². The van der Waals surface area contributed by atoms with Gasteiger partial charge in [-0.25, -0.2) is 0 Å². The third-order valence-corrected chi connectivity index (χ3v) is 5.13. The molecule has 1 aliphatic rings. The molecule has 0 spiro atoms.